The van der Waals surface area contributed by atoms with E-state index in [2.05, 4.69) is 30.6 Å². The zero-order chi connectivity index (χ0) is 15.7. The molecule has 0 saturated carbocycles. The van der Waals surface area contributed by atoms with Crippen molar-refractivity contribution in [3.8, 4) is 0 Å². The number of H-pyrrole nitrogens is 3. The Morgan fingerprint density at radius 2 is 1.62 bits per heavy atom. The highest BCUT2D eigenvalue weighted by atomic mass is 35.5. The molecule has 11 nitrogen and oxygen atoms in total. The molecule has 0 unspecified atom stereocenters. The Hall–Kier alpha value is -2.44. The third kappa shape index (κ3) is 10.3. The van der Waals surface area contributed by atoms with Crippen molar-refractivity contribution in [2.45, 2.75) is 0 Å². The van der Waals surface area contributed by atoms with E-state index in [1.807, 2.05) is 0 Å². The molecule has 0 aliphatic carbocycles. The molecular formula is C9H14BCl3N9O2. The molecular weight excluding hydrogens is 383 g/mol. The van der Waals surface area contributed by atoms with Gasteiger partial charge in [0, 0.05) is 14.6 Å². The number of rotatable bonds is 1. The van der Waals surface area contributed by atoms with Crippen molar-refractivity contribution >= 4 is 61.9 Å². The van der Waals surface area contributed by atoms with E-state index < -0.39 is 4.92 Å². The minimum Gasteiger partial charge on any atom is -0.396 e. The van der Waals surface area contributed by atoms with E-state index in [4.69, 9.17) is 23.1 Å². The van der Waals surface area contributed by atoms with E-state index in [9.17, 15) is 10.1 Å². The van der Waals surface area contributed by atoms with E-state index >= 15 is 0 Å². The normalized spacial score (nSPS) is 7.88. The second-order valence-electron chi connectivity index (χ2n) is 3.38. The van der Waals surface area contributed by atoms with Crippen molar-refractivity contribution in [1.29, 1.82) is 0 Å². The van der Waals surface area contributed by atoms with Gasteiger partial charge in [-0.25, -0.2) is 0 Å². The Morgan fingerprint density at radius 3 is 1.79 bits per heavy atom. The van der Waals surface area contributed by atoms with Crippen LogP contribution in [0.25, 0.3) is 0 Å². The molecule has 0 bridgehead atoms. The molecule has 0 fully saturated rings. The molecule has 0 spiro atoms. The molecule has 0 atom stereocenters. The Bertz CT molecular complexity index is 631. The number of nitro groups is 1. The average Bonchev–Trinajstić information content (AvgIpc) is 3.16. The van der Waals surface area contributed by atoms with Gasteiger partial charge in [-0.3, -0.25) is 25.4 Å². The summed E-state index contributed by atoms with van der Waals surface area (Å²) in [5.41, 5.74) is 11.6. The average molecular weight is 397 g/mol. The number of aromatic nitrogens is 6. The molecule has 3 heterocycles. The van der Waals surface area contributed by atoms with Crippen LogP contribution in [0.2, 0.25) is 5.15 Å². The molecule has 0 aliphatic rings. The number of hydrogen-bond donors (Lipinski definition) is 5. The molecule has 7 N–H and O–H groups in total. The largest absolute Gasteiger partial charge is 0.396 e. The molecule has 0 aromatic carbocycles. The fourth-order valence-corrected chi connectivity index (χ4v) is 0.982. The van der Waals surface area contributed by atoms with Gasteiger partial charge < -0.3 is 11.5 Å². The highest BCUT2D eigenvalue weighted by Crippen LogP contribution is 2.10. The van der Waals surface area contributed by atoms with Crippen LogP contribution in [0.4, 0.5) is 17.1 Å². The Balaban J connectivity index is -0.000000261. The molecule has 0 saturated heterocycles. The minimum absolute atomic E-state index is 0. The van der Waals surface area contributed by atoms with Crippen LogP contribution in [0.15, 0.2) is 31.0 Å². The number of halogens is 3. The second kappa shape index (κ2) is 14.2. The molecule has 0 amide bonds. The summed E-state index contributed by atoms with van der Waals surface area (Å²) < 4.78 is 0. The lowest BCUT2D eigenvalue weighted by Gasteiger charge is -1.76. The third-order valence-electron chi connectivity index (χ3n) is 1.83. The van der Waals surface area contributed by atoms with Crippen LogP contribution in [-0.4, -0.2) is 43.9 Å². The number of nitrogen functional groups attached to an aromatic ring is 2. The van der Waals surface area contributed by atoms with Crippen LogP contribution in [-0.2, 0) is 0 Å². The number of nitrogens with two attached hydrogens (primary N) is 2. The maximum atomic E-state index is 9.81. The molecule has 131 valence electrons. The summed E-state index contributed by atoms with van der Waals surface area (Å²) in [5, 5.41) is 28.0. The number of aromatic amines is 3. The summed E-state index contributed by atoms with van der Waals surface area (Å²) in [6, 6.07) is 0. The molecule has 3 aromatic rings. The topological polar surface area (TPSA) is 181 Å². The first-order valence-electron chi connectivity index (χ1n) is 5.32. The summed E-state index contributed by atoms with van der Waals surface area (Å²) in [5.74, 6) is 0. The van der Waals surface area contributed by atoms with E-state index in [0.717, 1.165) is 6.20 Å². The van der Waals surface area contributed by atoms with E-state index in [-0.39, 0.29) is 38.9 Å². The fourth-order valence-electron chi connectivity index (χ4n) is 0.885. The lowest BCUT2D eigenvalue weighted by atomic mass is 10.6. The van der Waals surface area contributed by atoms with Gasteiger partial charge in [0.15, 0.2) is 0 Å². The first-order chi connectivity index (χ1) is 10.0. The zero-order valence-electron chi connectivity index (χ0n) is 11.9. The van der Waals surface area contributed by atoms with Crippen LogP contribution in [0.5, 0.6) is 0 Å². The lowest BCUT2D eigenvalue weighted by Crippen LogP contribution is -1.82. The SMILES string of the molecule is Cl.Cl.Nc1cn[nH]c1.Nc1cn[nH]c1Cl.O=[N+]([O-])c1cn[nH]c1.[B]. The second-order valence-corrected chi connectivity index (χ2v) is 3.76. The van der Waals surface area contributed by atoms with Crippen LogP contribution < -0.4 is 11.5 Å². The van der Waals surface area contributed by atoms with Crippen molar-refractivity contribution in [2.24, 2.45) is 0 Å². The van der Waals surface area contributed by atoms with Gasteiger partial charge in [0.25, 0.3) is 0 Å². The minimum atomic E-state index is -0.510. The molecule has 15 heteroatoms. The van der Waals surface area contributed by atoms with Gasteiger partial charge in [-0.15, -0.1) is 24.8 Å². The van der Waals surface area contributed by atoms with Gasteiger partial charge in [-0.05, 0) is 0 Å². The van der Waals surface area contributed by atoms with Crippen LogP contribution in [0, 0.1) is 10.1 Å². The van der Waals surface area contributed by atoms with E-state index in [1.54, 1.807) is 12.4 Å². The standard InChI is InChI=1S/C3H4ClN3.C3H3N3O2.C3H5N3.B.2ClH/c4-3-2(5)1-6-7-3;7-6(8)3-1-4-5-2-3;4-3-1-5-6-2-3;;;/h1H,5H2,(H,6,7);1-2H,(H,4,5);1-2H,4H2,(H,5,6);;2*1H. The van der Waals surface area contributed by atoms with Gasteiger partial charge in [0.1, 0.15) is 11.3 Å². The van der Waals surface area contributed by atoms with Crippen molar-refractivity contribution < 1.29 is 4.92 Å². The van der Waals surface area contributed by atoms with Gasteiger partial charge in [-0.1, -0.05) is 11.6 Å². The summed E-state index contributed by atoms with van der Waals surface area (Å²) in [4.78, 5) is 9.30. The van der Waals surface area contributed by atoms with Crippen LogP contribution >= 0.6 is 36.4 Å². The summed E-state index contributed by atoms with van der Waals surface area (Å²) in [6.45, 7) is 0. The van der Waals surface area contributed by atoms with Gasteiger partial charge >= 0.3 is 5.69 Å². The molecule has 3 aromatic heterocycles. The number of anilines is 2. The molecule has 3 radical (unpaired) electrons. The monoisotopic (exact) mass is 396 g/mol. The maximum absolute atomic E-state index is 9.81. The van der Waals surface area contributed by atoms with E-state index in [0.29, 0.717) is 16.5 Å². The Labute approximate surface area is 155 Å². The number of nitrogens with one attached hydrogen (secondary N) is 3. The molecule has 3 rings (SSSR count). The van der Waals surface area contributed by atoms with Gasteiger partial charge in [-0.2, -0.15) is 15.3 Å². The molecule has 0 aliphatic heterocycles. The third-order valence-corrected chi connectivity index (χ3v) is 2.14. The number of hydrogen-bond acceptors (Lipinski definition) is 7. The smallest absolute Gasteiger partial charge is 0.306 e. The quantitative estimate of drug-likeness (QED) is 0.234. The summed E-state index contributed by atoms with van der Waals surface area (Å²) in [7, 11) is 0. The highest BCUT2D eigenvalue weighted by Gasteiger charge is 2.02. The van der Waals surface area contributed by atoms with Crippen molar-refractivity contribution in [1.82, 2.24) is 30.6 Å². The van der Waals surface area contributed by atoms with Gasteiger partial charge in [0.2, 0.25) is 0 Å². The summed E-state index contributed by atoms with van der Waals surface area (Å²) in [6.07, 6.45) is 7.02. The van der Waals surface area contributed by atoms with E-state index in [1.165, 1.54) is 12.4 Å². The number of nitrogens with zero attached hydrogens (tertiary/aromatic N) is 4. The van der Waals surface area contributed by atoms with Crippen LogP contribution in [0.3, 0.4) is 0 Å². The Morgan fingerprint density at radius 1 is 1.04 bits per heavy atom. The van der Waals surface area contributed by atoms with Crippen molar-refractivity contribution in [2.75, 3.05) is 11.5 Å². The molecule has 24 heavy (non-hydrogen) atoms. The first-order valence-corrected chi connectivity index (χ1v) is 5.70. The first kappa shape index (κ1) is 26.5. The Kier molecular flexibility index (Phi) is 15.6. The van der Waals surface area contributed by atoms with Crippen molar-refractivity contribution in [3.63, 3.8) is 0 Å². The zero-order valence-corrected chi connectivity index (χ0v) is 14.3. The highest BCUT2D eigenvalue weighted by molar-refractivity contribution is 6.31. The lowest BCUT2D eigenvalue weighted by molar-refractivity contribution is -0.384. The van der Waals surface area contributed by atoms with Gasteiger partial charge in [0.05, 0.1) is 34.9 Å². The summed E-state index contributed by atoms with van der Waals surface area (Å²) >= 11 is 5.38. The predicted molar refractivity (Wildman–Crippen MR) is 96.5 cm³/mol. The van der Waals surface area contributed by atoms with Crippen molar-refractivity contribution in [3.05, 3.63) is 46.3 Å². The van der Waals surface area contributed by atoms with Crippen LogP contribution in [0.1, 0.15) is 0 Å². The maximum Gasteiger partial charge on any atom is 0.306 e. The fraction of sp³-hybridized carbons (Fsp3) is 0. The predicted octanol–water partition coefficient (Wildman–Crippen LogP) is 1.42.